The van der Waals surface area contributed by atoms with Gasteiger partial charge in [0.2, 0.25) is 5.91 Å². The first-order chi connectivity index (χ1) is 16.7. The summed E-state index contributed by atoms with van der Waals surface area (Å²) in [5.74, 6) is 0.483. The molecule has 0 aliphatic heterocycles. The Morgan fingerprint density at radius 2 is 1.80 bits per heavy atom. The van der Waals surface area contributed by atoms with Gasteiger partial charge in [0, 0.05) is 22.6 Å². The highest BCUT2D eigenvalue weighted by molar-refractivity contribution is 9.10. The minimum Gasteiger partial charge on any atom is -0.483 e. The van der Waals surface area contributed by atoms with Gasteiger partial charge in [-0.15, -0.1) is 0 Å². The van der Waals surface area contributed by atoms with Crippen LogP contribution in [-0.2, 0) is 16.1 Å². The molecule has 1 saturated carbocycles. The summed E-state index contributed by atoms with van der Waals surface area (Å²) in [4.78, 5) is 28.0. The molecule has 2 aromatic rings. The molecule has 0 bridgehead atoms. The molecule has 0 aromatic heterocycles. The van der Waals surface area contributed by atoms with Gasteiger partial charge in [-0.3, -0.25) is 9.59 Å². The summed E-state index contributed by atoms with van der Waals surface area (Å²) in [5.41, 5.74) is 1.88. The molecule has 1 aliphatic rings. The Balaban J connectivity index is 1.75. The molecule has 190 valence electrons. The minimum atomic E-state index is -0.688. The van der Waals surface area contributed by atoms with Gasteiger partial charge in [0.1, 0.15) is 11.8 Å². The molecule has 1 atom stereocenters. The normalized spacial score (nSPS) is 15.1. The third-order valence-corrected chi connectivity index (χ3v) is 7.66. The molecule has 8 heteroatoms. The molecule has 1 N–H and O–H groups in total. The maximum absolute atomic E-state index is 13.4. The number of amides is 2. The largest absolute Gasteiger partial charge is 0.483 e. The van der Waals surface area contributed by atoms with Crippen molar-refractivity contribution < 1.29 is 14.3 Å². The third-order valence-electron chi connectivity index (χ3n) is 6.45. The predicted octanol–water partition coefficient (Wildman–Crippen LogP) is 7.12. The van der Waals surface area contributed by atoms with E-state index in [9.17, 15) is 9.59 Å². The Hall–Kier alpha value is -1.76. The van der Waals surface area contributed by atoms with Crippen molar-refractivity contribution >= 4 is 50.9 Å². The number of hydrogen-bond donors (Lipinski definition) is 1. The Kier molecular flexibility index (Phi) is 10.3. The zero-order valence-electron chi connectivity index (χ0n) is 20.5. The molecule has 5 nitrogen and oxygen atoms in total. The van der Waals surface area contributed by atoms with Crippen LogP contribution < -0.4 is 10.1 Å². The fourth-order valence-electron chi connectivity index (χ4n) is 4.20. The van der Waals surface area contributed by atoms with Crippen LogP contribution in [0.2, 0.25) is 10.0 Å². The van der Waals surface area contributed by atoms with Crippen molar-refractivity contribution in [3.63, 3.8) is 0 Å². The highest BCUT2D eigenvalue weighted by atomic mass is 79.9. The van der Waals surface area contributed by atoms with Gasteiger partial charge < -0.3 is 15.0 Å². The summed E-state index contributed by atoms with van der Waals surface area (Å²) in [6, 6.07) is 10.4. The molecule has 2 aromatic carbocycles. The molecule has 1 fully saturated rings. The summed E-state index contributed by atoms with van der Waals surface area (Å²) >= 11 is 16.0. The standard InChI is InChI=1S/C27H33BrCl2N2O3/c1-17(2)19-10-12-25(23(28)13-19)35-16-26(33)32(15-20-9-11-21(29)14-24(20)30)18(3)27(34)31-22-7-5-4-6-8-22/h9-14,17-18,22H,4-8,15-16H2,1-3H3,(H,31,34)/t18-/m0/s1. The summed E-state index contributed by atoms with van der Waals surface area (Å²) in [5, 5.41) is 4.09. The molecular weight excluding hydrogens is 551 g/mol. The SMILES string of the molecule is CC(C)c1ccc(OCC(=O)N(Cc2ccc(Cl)cc2Cl)[C@@H](C)C(=O)NC2CCCCC2)c(Br)c1. The fourth-order valence-corrected chi connectivity index (χ4v) is 5.18. The predicted molar refractivity (Wildman–Crippen MR) is 145 cm³/mol. The van der Waals surface area contributed by atoms with Crippen molar-refractivity contribution in [3.8, 4) is 5.75 Å². The number of halogens is 3. The van der Waals surface area contributed by atoms with Gasteiger partial charge in [0.15, 0.2) is 6.61 Å². The van der Waals surface area contributed by atoms with E-state index in [2.05, 4.69) is 35.1 Å². The maximum Gasteiger partial charge on any atom is 0.261 e. The number of benzene rings is 2. The van der Waals surface area contributed by atoms with Crippen LogP contribution in [0.25, 0.3) is 0 Å². The molecule has 2 amide bonds. The lowest BCUT2D eigenvalue weighted by molar-refractivity contribution is -0.142. The molecule has 3 rings (SSSR count). The van der Waals surface area contributed by atoms with Crippen LogP contribution in [0.1, 0.15) is 69.9 Å². The number of carbonyl (C=O) groups excluding carboxylic acids is 2. The van der Waals surface area contributed by atoms with Crippen molar-refractivity contribution in [2.45, 2.75) is 77.4 Å². The van der Waals surface area contributed by atoms with Gasteiger partial charge in [-0.1, -0.05) is 68.4 Å². The summed E-state index contributed by atoms with van der Waals surface area (Å²) in [6.07, 6.45) is 5.37. The van der Waals surface area contributed by atoms with E-state index in [4.69, 9.17) is 27.9 Å². The first-order valence-electron chi connectivity index (χ1n) is 12.1. The summed E-state index contributed by atoms with van der Waals surface area (Å²) in [6.45, 7) is 5.95. The maximum atomic E-state index is 13.4. The van der Waals surface area contributed by atoms with Crippen LogP contribution in [-0.4, -0.2) is 35.4 Å². The Labute approximate surface area is 226 Å². The lowest BCUT2D eigenvalue weighted by Crippen LogP contribution is -2.51. The number of ether oxygens (including phenoxy) is 1. The average Bonchev–Trinajstić information content (AvgIpc) is 2.82. The van der Waals surface area contributed by atoms with Crippen LogP contribution >= 0.6 is 39.1 Å². The monoisotopic (exact) mass is 582 g/mol. The van der Waals surface area contributed by atoms with Gasteiger partial charge in [-0.05, 0) is 77.0 Å². The first-order valence-corrected chi connectivity index (χ1v) is 13.7. The molecule has 0 radical (unpaired) electrons. The lowest BCUT2D eigenvalue weighted by Gasteiger charge is -2.31. The van der Waals surface area contributed by atoms with E-state index in [0.29, 0.717) is 27.3 Å². The Morgan fingerprint density at radius 3 is 2.43 bits per heavy atom. The number of nitrogens with zero attached hydrogens (tertiary/aromatic N) is 1. The van der Waals surface area contributed by atoms with Gasteiger partial charge in [0.05, 0.1) is 4.47 Å². The zero-order valence-corrected chi connectivity index (χ0v) is 23.5. The zero-order chi connectivity index (χ0) is 25.5. The van der Waals surface area contributed by atoms with Crippen molar-refractivity contribution in [2.75, 3.05) is 6.61 Å². The lowest BCUT2D eigenvalue weighted by atomic mass is 9.95. The van der Waals surface area contributed by atoms with E-state index in [-0.39, 0.29) is 31.0 Å². The second kappa shape index (κ2) is 13.0. The van der Waals surface area contributed by atoms with Crippen molar-refractivity contribution in [2.24, 2.45) is 0 Å². The third kappa shape index (κ3) is 7.86. The average molecular weight is 584 g/mol. The molecule has 0 unspecified atom stereocenters. The Morgan fingerprint density at radius 1 is 1.09 bits per heavy atom. The van der Waals surface area contributed by atoms with E-state index >= 15 is 0 Å². The van der Waals surface area contributed by atoms with Crippen molar-refractivity contribution in [3.05, 3.63) is 62.0 Å². The Bertz CT molecular complexity index is 1040. The second-order valence-corrected chi connectivity index (χ2v) is 11.1. The minimum absolute atomic E-state index is 0.154. The van der Waals surface area contributed by atoms with Gasteiger partial charge in [-0.25, -0.2) is 0 Å². The van der Waals surface area contributed by atoms with E-state index in [1.54, 1.807) is 25.1 Å². The van der Waals surface area contributed by atoms with Gasteiger partial charge >= 0.3 is 0 Å². The van der Waals surface area contributed by atoms with Gasteiger partial charge in [-0.2, -0.15) is 0 Å². The molecule has 0 heterocycles. The van der Waals surface area contributed by atoms with Crippen LogP contribution in [0.4, 0.5) is 0 Å². The molecule has 35 heavy (non-hydrogen) atoms. The first kappa shape index (κ1) is 27.8. The van der Waals surface area contributed by atoms with Crippen molar-refractivity contribution in [1.29, 1.82) is 0 Å². The number of carbonyl (C=O) groups is 2. The molecule has 0 spiro atoms. The highest BCUT2D eigenvalue weighted by Crippen LogP contribution is 2.29. The van der Waals surface area contributed by atoms with Crippen LogP contribution in [0.5, 0.6) is 5.75 Å². The fraction of sp³-hybridized carbons (Fsp3) is 0.481. The van der Waals surface area contributed by atoms with E-state index in [1.165, 1.54) is 16.9 Å². The quantitative estimate of drug-likeness (QED) is 0.342. The van der Waals surface area contributed by atoms with E-state index < -0.39 is 6.04 Å². The van der Waals surface area contributed by atoms with E-state index in [1.807, 2.05) is 18.2 Å². The smallest absolute Gasteiger partial charge is 0.261 e. The van der Waals surface area contributed by atoms with Crippen molar-refractivity contribution in [1.82, 2.24) is 10.2 Å². The molecule has 1 aliphatic carbocycles. The number of hydrogen-bond acceptors (Lipinski definition) is 3. The molecule has 0 saturated heterocycles. The highest BCUT2D eigenvalue weighted by Gasteiger charge is 2.29. The van der Waals surface area contributed by atoms with Crippen LogP contribution in [0.15, 0.2) is 40.9 Å². The number of nitrogens with one attached hydrogen (secondary N) is 1. The summed E-state index contributed by atoms with van der Waals surface area (Å²) in [7, 11) is 0. The number of rotatable bonds is 9. The summed E-state index contributed by atoms with van der Waals surface area (Å²) < 4.78 is 6.64. The van der Waals surface area contributed by atoms with Crippen LogP contribution in [0.3, 0.4) is 0 Å². The van der Waals surface area contributed by atoms with Crippen LogP contribution in [0, 0.1) is 0 Å². The van der Waals surface area contributed by atoms with Gasteiger partial charge in [0.25, 0.3) is 5.91 Å². The molecular formula is C27H33BrCl2N2O3. The van der Waals surface area contributed by atoms with E-state index in [0.717, 1.165) is 30.2 Å². The second-order valence-electron chi connectivity index (χ2n) is 9.41. The topological polar surface area (TPSA) is 58.6 Å².